The first kappa shape index (κ1) is 15.7. The van der Waals surface area contributed by atoms with Crippen LogP contribution in [0.2, 0.25) is 5.02 Å². The molecule has 110 valence electrons. The highest BCUT2D eigenvalue weighted by Crippen LogP contribution is 2.39. The third-order valence-corrected chi connectivity index (χ3v) is 5.87. The molecule has 0 spiro atoms. The maximum atomic E-state index is 12.3. The number of halogens is 1. The van der Waals surface area contributed by atoms with Crippen LogP contribution in [0.5, 0.6) is 0 Å². The van der Waals surface area contributed by atoms with Crippen molar-refractivity contribution in [1.29, 1.82) is 0 Å². The highest BCUT2D eigenvalue weighted by atomic mass is 35.5. The second-order valence-electron chi connectivity index (χ2n) is 5.50. The maximum Gasteiger partial charge on any atom is 0.242 e. The number of hydrogen-bond acceptors (Lipinski definition) is 3. The lowest BCUT2D eigenvalue weighted by Gasteiger charge is -2.38. The van der Waals surface area contributed by atoms with Gasteiger partial charge in [0.15, 0.2) is 0 Å². The lowest BCUT2D eigenvalue weighted by molar-refractivity contribution is 0.166. The molecular weight excluding hydrogens is 316 g/mol. The van der Waals surface area contributed by atoms with Gasteiger partial charge in [0.25, 0.3) is 0 Å². The lowest BCUT2D eigenvalue weighted by atomic mass is 9.71. The molecule has 2 rings (SSSR count). The van der Waals surface area contributed by atoms with Crippen molar-refractivity contribution in [2.24, 2.45) is 11.1 Å². The SMILES string of the molecule is CC1(CNS(=O)(=O)c2cc(C(N)=S)ccc2Cl)CCC1. The predicted octanol–water partition coefficient (Wildman–Crippen LogP) is 2.44. The van der Waals surface area contributed by atoms with E-state index in [0.717, 1.165) is 19.3 Å². The van der Waals surface area contributed by atoms with E-state index in [4.69, 9.17) is 29.6 Å². The molecule has 1 fully saturated rings. The highest BCUT2D eigenvalue weighted by Gasteiger charge is 2.33. The van der Waals surface area contributed by atoms with E-state index in [1.807, 2.05) is 0 Å². The fourth-order valence-corrected chi connectivity index (χ4v) is 4.02. The molecule has 0 unspecified atom stereocenters. The number of thiocarbonyl (C=S) groups is 1. The Morgan fingerprint density at radius 2 is 2.15 bits per heavy atom. The van der Waals surface area contributed by atoms with Gasteiger partial charge in [0, 0.05) is 12.1 Å². The van der Waals surface area contributed by atoms with E-state index in [0.29, 0.717) is 12.1 Å². The summed E-state index contributed by atoms with van der Waals surface area (Å²) in [5.74, 6) is 0. The van der Waals surface area contributed by atoms with Crippen molar-refractivity contribution in [2.45, 2.75) is 31.1 Å². The van der Waals surface area contributed by atoms with E-state index in [1.54, 1.807) is 6.07 Å². The van der Waals surface area contributed by atoms with E-state index >= 15 is 0 Å². The van der Waals surface area contributed by atoms with Gasteiger partial charge in [0.2, 0.25) is 10.0 Å². The quantitative estimate of drug-likeness (QED) is 0.812. The highest BCUT2D eigenvalue weighted by molar-refractivity contribution is 7.89. The molecule has 1 aliphatic rings. The van der Waals surface area contributed by atoms with Gasteiger partial charge >= 0.3 is 0 Å². The van der Waals surface area contributed by atoms with Gasteiger partial charge < -0.3 is 5.73 Å². The summed E-state index contributed by atoms with van der Waals surface area (Å²) < 4.78 is 27.3. The van der Waals surface area contributed by atoms with Crippen molar-refractivity contribution in [2.75, 3.05) is 6.54 Å². The van der Waals surface area contributed by atoms with Crippen LogP contribution in [0.3, 0.4) is 0 Å². The Bertz CT molecular complexity index is 640. The minimum Gasteiger partial charge on any atom is -0.389 e. The molecule has 7 heteroatoms. The van der Waals surface area contributed by atoms with Crippen LogP contribution in [0.15, 0.2) is 23.1 Å². The van der Waals surface area contributed by atoms with Gasteiger partial charge in [-0.15, -0.1) is 0 Å². The van der Waals surface area contributed by atoms with Gasteiger partial charge in [-0.05, 0) is 30.4 Å². The first-order valence-corrected chi connectivity index (χ1v) is 8.59. The molecule has 0 aliphatic heterocycles. The molecule has 1 aliphatic carbocycles. The molecule has 1 aromatic carbocycles. The zero-order chi connectivity index (χ0) is 15.0. The summed E-state index contributed by atoms with van der Waals surface area (Å²) in [6.45, 7) is 2.50. The molecule has 0 aromatic heterocycles. The van der Waals surface area contributed by atoms with Crippen LogP contribution in [-0.2, 0) is 10.0 Å². The van der Waals surface area contributed by atoms with Gasteiger partial charge in [-0.25, -0.2) is 13.1 Å². The van der Waals surface area contributed by atoms with Crippen LogP contribution in [0.1, 0.15) is 31.7 Å². The third-order valence-electron chi connectivity index (χ3n) is 3.75. The first-order valence-electron chi connectivity index (χ1n) is 6.33. The number of sulfonamides is 1. The second-order valence-corrected chi connectivity index (χ2v) is 8.08. The molecule has 1 saturated carbocycles. The number of benzene rings is 1. The number of nitrogens with two attached hydrogens (primary N) is 1. The van der Waals surface area contributed by atoms with Crippen molar-refractivity contribution < 1.29 is 8.42 Å². The fraction of sp³-hybridized carbons (Fsp3) is 0.462. The summed E-state index contributed by atoms with van der Waals surface area (Å²) in [6.07, 6.45) is 3.22. The van der Waals surface area contributed by atoms with E-state index < -0.39 is 10.0 Å². The molecule has 4 nitrogen and oxygen atoms in total. The average Bonchev–Trinajstić information content (AvgIpc) is 2.34. The average molecular weight is 333 g/mol. The van der Waals surface area contributed by atoms with Crippen LogP contribution >= 0.6 is 23.8 Å². The Hall–Kier alpha value is -0.690. The number of nitrogens with one attached hydrogen (secondary N) is 1. The smallest absolute Gasteiger partial charge is 0.242 e. The second kappa shape index (κ2) is 5.60. The first-order chi connectivity index (χ1) is 9.23. The maximum absolute atomic E-state index is 12.3. The Balaban J connectivity index is 2.24. The normalized spacial score (nSPS) is 17.5. The third kappa shape index (κ3) is 3.31. The summed E-state index contributed by atoms with van der Waals surface area (Å²) in [5.41, 5.74) is 6.06. The van der Waals surface area contributed by atoms with Crippen molar-refractivity contribution >= 4 is 38.8 Å². The summed E-state index contributed by atoms with van der Waals surface area (Å²) in [6, 6.07) is 4.52. The van der Waals surface area contributed by atoms with Gasteiger partial charge in [0.05, 0.1) is 5.02 Å². The molecule has 3 N–H and O–H groups in total. The van der Waals surface area contributed by atoms with Crippen molar-refractivity contribution in [3.8, 4) is 0 Å². The van der Waals surface area contributed by atoms with E-state index in [-0.39, 0.29) is 20.3 Å². The van der Waals surface area contributed by atoms with Crippen LogP contribution in [0.4, 0.5) is 0 Å². The van der Waals surface area contributed by atoms with Crippen LogP contribution in [0, 0.1) is 5.41 Å². The van der Waals surface area contributed by atoms with E-state index in [9.17, 15) is 8.42 Å². The van der Waals surface area contributed by atoms with Crippen molar-refractivity contribution in [3.05, 3.63) is 28.8 Å². The summed E-state index contributed by atoms with van der Waals surface area (Å²) in [7, 11) is -3.65. The zero-order valence-electron chi connectivity index (χ0n) is 11.1. The minimum atomic E-state index is -3.65. The molecule has 0 bridgehead atoms. The van der Waals surface area contributed by atoms with Crippen molar-refractivity contribution in [1.82, 2.24) is 4.72 Å². The number of hydrogen-bond donors (Lipinski definition) is 2. The zero-order valence-corrected chi connectivity index (χ0v) is 13.5. The number of rotatable bonds is 5. The standard InChI is InChI=1S/C13H17ClN2O2S2/c1-13(5-2-6-13)8-16-20(17,18)11-7-9(12(15)19)3-4-10(11)14/h3-4,7,16H,2,5-6,8H2,1H3,(H2,15,19). The summed E-state index contributed by atoms with van der Waals surface area (Å²) in [5, 5.41) is 0.163. The van der Waals surface area contributed by atoms with E-state index in [2.05, 4.69) is 11.6 Å². The molecule has 20 heavy (non-hydrogen) atoms. The van der Waals surface area contributed by atoms with Gasteiger partial charge in [0.1, 0.15) is 9.88 Å². The Labute approximate surface area is 129 Å². The molecule has 0 amide bonds. The molecule has 0 saturated heterocycles. The Morgan fingerprint density at radius 3 is 2.65 bits per heavy atom. The van der Waals surface area contributed by atoms with E-state index in [1.165, 1.54) is 12.1 Å². The predicted molar refractivity (Wildman–Crippen MR) is 84.5 cm³/mol. The molecule has 0 radical (unpaired) electrons. The Kier molecular flexibility index (Phi) is 4.39. The van der Waals surface area contributed by atoms with Crippen LogP contribution in [-0.4, -0.2) is 20.0 Å². The summed E-state index contributed by atoms with van der Waals surface area (Å²) >= 11 is 10.8. The fourth-order valence-electron chi connectivity index (χ4n) is 2.17. The molecule has 0 atom stereocenters. The minimum absolute atomic E-state index is 0.0207. The van der Waals surface area contributed by atoms with Gasteiger partial charge in [-0.1, -0.05) is 43.2 Å². The largest absolute Gasteiger partial charge is 0.389 e. The van der Waals surface area contributed by atoms with Crippen LogP contribution < -0.4 is 10.5 Å². The topological polar surface area (TPSA) is 72.2 Å². The molecule has 1 aromatic rings. The summed E-state index contributed by atoms with van der Waals surface area (Å²) in [4.78, 5) is 0.163. The van der Waals surface area contributed by atoms with Crippen LogP contribution in [0.25, 0.3) is 0 Å². The molecular formula is C13H17ClN2O2S2. The monoisotopic (exact) mass is 332 g/mol. The molecule has 0 heterocycles. The van der Waals surface area contributed by atoms with Crippen molar-refractivity contribution in [3.63, 3.8) is 0 Å². The van der Waals surface area contributed by atoms with Gasteiger partial charge in [-0.2, -0.15) is 0 Å². The van der Waals surface area contributed by atoms with Gasteiger partial charge in [-0.3, -0.25) is 0 Å². The Morgan fingerprint density at radius 1 is 1.50 bits per heavy atom. The lowest BCUT2D eigenvalue weighted by Crippen LogP contribution is -2.40.